The Morgan fingerprint density at radius 2 is 1.71 bits per heavy atom. The smallest absolute Gasteiger partial charge is 0.119 e. The fourth-order valence-electron chi connectivity index (χ4n) is 3.18. The SMILES string of the molecule is COc1ccc(OCCC2(N)CCC(C(C)C)CC2)cc1. The molecule has 0 bridgehead atoms. The Bertz CT molecular complexity index is 419. The average Bonchev–Trinajstić information content (AvgIpc) is 2.48. The first-order valence-corrected chi connectivity index (χ1v) is 8.08. The first-order valence-electron chi connectivity index (χ1n) is 8.08. The van der Waals surface area contributed by atoms with E-state index in [0.29, 0.717) is 6.61 Å². The Morgan fingerprint density at radius 3 is 2.24 bits per heavy atom. The zero-order valence-corrected chi connectivity index (χ0v) is 13.6. The summed E-state index contributed by atoms with van der Waals surface area (Å²) in [6.07, 6.45) is 5.71. The lowest BCUT2D eigenvalue weighted by atomic mass is 9.72. The van der Waals surface area contributed by atoms with Crippen molar-refractivity contribution in [1.29, 1.82) is 0 Å². The number of rotatable bonds is 6. The molecule has 1 aliphatic rings. The fourth-order valence-corrected chi connectivity index (χ4v) is 3.18. The Kier molecular flexibility index (Phi) is 5.51. The van der Waals surface area contributed by atoms with Gasteiger partial charge in [-0.3, -0.25) is 0 Å². The Balaban J connectivity index is 1.75. The Hall–Kier alpha value is -1.22. The second kappa shape index (κ2) is 7.17. The van der Waals surface area contributed by atoms with Crippen LogP contribution in [0.15, 0.2) is 24.3 Å². The minimum atomic E-state index is -0.0299. The molecular weight excluding hydrogens is 262 g/mol. The van der Waals surface area contributed by atoms with Crippen LogP contribution >= 0.6 is 0 Å². The predicted octanol–water partition coefficient (Wildman–Crippen LogP) is 4.01. The molecule has 0 unspecified atom stereocenters. The molecule has 21 heavy (non-hydrogen) atoms. The largest absolute Gasteiger partial charge is 0.497 e. The number of ether oxygens (including phenoxy) is 2. The molecule has 1 fully saturated rings. The van der Waals surface area contributed by atoms with Gasteiger partial charge < -0.3 is 15.2 Å². The molecular formula is C18H29NO2. The highest BCUT2D eigenvalue weighted by molar-refractivity contribution is 5.31. The third kappa shape index (κ3) is 4.63. The molecule has 1 aromatic rings. The predicted molar refractivity (Wildman–Crippen MR) is 86.8 cm³/mol. The fraction of sp³-hybridized carbons (Fsp3) is 0.667. The van der Waals surface area contributed by atoms with Crippen LogP contribution in [0.5, 0.6) is 11.5 Å². The van der Waals surface area contributed by atoms with Crippen LogP contribution in [0.3, 0.4) is 0 Å². The van der Waals surface area contributed by atoms with Crippen LogP contribution in [0, 0.1) is 11.8 Å². The van der Waals surface area contributed by atoms with Gasteiger partial charge in [-0.25, -0.2) is 0 Å². The van der Waals surface area contributed by atoms with Crippen molar-refractivity contribution in [3.63, 3.8) is 0 Å². The molecule has 1 aliphatic carbocycles. The summed E-state index contributed by atoms with van der Waals surface area (Å²) in [6, 6.07) is 7.72. The summed E-state index contributed by atoms with van der Waals surface area (Å²) in [4.78, 5) is 0. The highest BCUT2D eigenvalue weighted by Crippen LogP contribution is 2.36. The number of hydrogen-bond donors (Lipinski definition) is 1. The summed E-state index contributed by atoms with van der Waals surface area (Å²) < 4.78 is 11.0. The van der Waals surface area contributed by atoms with Gasteiger partial charge in [0.15, 0.2) is 0 Å². The molecule has 3 nitrogen and oxygen atoms in total. The number of hydrogen-bond acceptors (Lipinski definition) is 3. The summed E-state index contributed by atoms with van der Waals surface area (Å²) in [5, 5.41) is 0. The van der Waals surface area contributed by atoms with Crippen LogP contribution in [0.4, 0.5) is 0 Å². The highest BCUT2D eigenvalue weighted by atomic mass is 16.5. The number of methoxy groups -OCH3 is 1. The molecule has 0 saturated heterocycles. The van der Waals surface area contributed by atoms with E-state index in [1.54, 1.807) is 7.11 Å². The van der Waals surface area contributed by atoms with Crippen molar-refractivity contribution in [2.24, 2.45) is 17.6 Å². The van der Waals surface area contributed by atoms with Crippen LogP contribution in [-0.4, -0.2) is 19.3 Å². The molecule has 0 aliphatic heterocycles. The van der Waals surface area contributed by atoms with Gasteiger partial charge in [0.1, 0.15) is 11.5 Å². The van der Waals surface area contributed by atoms with Gasteiger partial charge in [0.2, 0.25) is 0 Å². The molecule has 1 aromatic carbocycles. The van der Waals surface area contributed by atoms with Crippen molar-refractivity contribution in [3.05, 3.63) is 24.3 Å². The topological polar surface area (TPSA) is 44.5 Å². The van der Waals surface area contributed by atoms with Gasteiger partial charge in [0.05, 0.1) is 13.7 Å². The minimum absolute atomic E-state index is 0.0299. The second-order valence-corrected chi connectivity index (χ2v) is 6.72. The van der Waals surface area contributed by atoms with Gasteiger partial charge in [-0.1, -0.05) is 13.8 Å². The second-order valence-electron chi connectivity index (χ2n) is 6.72. The van der Waals surface area contributed by atoms with Crippen LogP contribution in [0.1, 0.15) is 46.0 Å². The van der Waals surface area contributed by atoms with Crippen molar-refractivity contribution >= 4 is 0 Å². The molecule has 1 saturated carbocycles. The minimum Gasteiger partial charge on any atom is -0.497 e. The standard InChI is InChI=1S/C18H29NO2/c1-14(2)15-8-10-18(19,11-9-15)12-13-21-17-6-4-16(20-3)5-7-17/h4-7,14-15H,8-13,19H2,1-3H3. The van der Waals surface area contributed by atoms with Crippen molar-refractivity contribution in [2.45, 2.75) is 51.5 Å². The Labute approximate surface area is 128 Å². The van der Waals surface area contributed by atoms with Crippen molar-refractivity contribution in [2.75, 3.05) is 13.7 Å². The van der Waals surface area contributed by atoms with E-state index in [4.69, 9.17) is 15.2 Å². The molecule has 0 amide bonds. The van der Waals surface area contributed by atoms with Crippen LogP contribution in [0.2, 0.25) is 0 Å². The summed E-state index contributed by atoms with van der Waals surface area (Å²) in [5.74, 6) is 3.37. The van der Waals surface area contributed by atoms with E-state index in [1.807, 2.05) is 24.3 Å². The average molecular weight is 291 g/mol. The van der Waals surface area contributed by atoms with E-state index in [9.17, 15) is 0 Å². The van der Waals surface area contributed by atoms with E-state index < -0.39 is 0 Å². The maximum atomic E-state index is 6.53. The molecule has 0 aromatic heterocycles. The monoisotopic (exact) mass is 291 g/mol. The van der Waals surface area contributed by atoms with Crippen LogP contribution < -0.4 is 15.2 Å². The van der Waals surface area contributed by atoms with Crippen molar-refractivity contribution in [1.82, 2.24) is 0 Å². The van der Waals surface area contributed by atoms with Gasteiger partial charge in [-0.15, -0.1) is 0 Å². The molecule has 2 N–H and O–H groups in total. The maximum Gasteiger partial charge on any atom is 0.119 e. The summed E-state index contributed by atoms with van der Waals surface area (Å²) >= 11 is 0. The summed E-state index contributed by atoms with van der Waals surface area (Å²) in [5.41, 5.74) is 6.50. The first-order chi connectivity index (χ1) is 10.0. The van der Waals surface area contributed by atoms with E-state index in [0.717, 1.165) is 42.6 Å². The van der Waals surface area contributed by atoms with Crippen LogP contribution in [-0.2, 0) is 0 Å². The third-order valence-corrected chi connectivity index (χ3v) is 4.90. The lowest BCUT2D eigenvalue weighted by molar-refractivity contribution is 0.163. The zero-order valence-electron chi connectivity index (χ0n) is 13.6. The molecule has 2 rings (SSSR count). The summed E-state index contributed by atoms with van der Waals surface area (Å²) in [7, 11) is 1.67. The number of nitrogens with two attached hydrogens (primary N) is 1. The molecule has 0 radical (unpaired) electrons. The maximum absolute atomic E-state index is 6.53. The zero-order chi connectivity index (χ0) is 15.3. The molecule has 0 atom stereocenters. The van der Waals surface area contributed by atoms with E-state index in [1.165, 1.54) is 12.8 Å². The van der Waals surface area contributed by atoms with Crippen molar-refractivity contribution < 1.29 is 9.47 Å². The van der Waals surface area contributed by atoms with E-state index >= 15 is 0 Å². The van der Waals surface area contributed by atoms with Gasteiger partial charge in [0.25, 0.3) is 0 Å². The summed E-state index contributed by atoms with van der Waals surface area (Å²) in [6.45, 7) is 5.33. The van der Waals surface area contributed by atoms with Gasteiger partial charge in [-0.05, 0) is 68.2 Å². The Morgan fingerprint density at radius 1 is 1.14 bits per heavy atom. The lowest BCUT2D eigenvalue weighted by Crippen LogP contribution is -2.45. The normalized spacial score (nSPS) is 25.9. The van der Waals surface area contributed by atoms with E-state index in [2.05, 4.69) is 13.8 Å². The van der Waals surface area contributed by atoms with Crippen molar-refractivity contribution in [3.8, 4) is 11.5 Å². The molecule has 0 spiro atoms. The van der Waals surface area contributed by atoms with E-state index in [-0.39, 0.29) is 5.54 Å². The molecule has 118 valence electrons. The van der Waals surface area contributed by atoms with Gasteiger partial charge in [0, 0.05) is 5.54 Å². The lowest BCUT2D eigenvalue weighted by Gasteiger charge is -2.38. The van der Waals surface area contributed by atoms with Crippen LogP contribution in [0.25, 0.3) is 0 Å². The van der Waals surface area contributed by atoms with Gasteiger partial charge >= 0.3 is 0 Å². The quantitative estimate of drug-likeness (QED) is 0.861. The highest BCUT2D eigenvalue weighted by Gasteiger charge is 2.32. The van der Waals surface area contributed by atoms with Gasteiger partial charge in [-0.2, -0.15) is 0 Å². The third-order valence-electron chi connectivity index (χ3n) is 4.90. The molecule has 3 heteroatoms. The molecule has 0 heterocycles. The number of benzene rings is 1. The first kappa shape index (κ1) is 16.2.